The minimum Gasteiger partial charge on any atom is -0.381 e. The number of nitrogens with two attached hydrogens (primary N) is 1. The smallest absolute Gasteiger partial charge is 0.237 e. The highest BCUT2D eigenvalue weighted by Crippen LogP contribution is 2.47. The summed E-state index contributed by atoms with van der Waals surface area (Å²) in [6.45, 7) is 4.48. The molecular formula is C13H24N2O2. The van der Waals surface area contributed by atoms with Crippen LogP contribution in [0.5, 0.6) is 0 Å². The third-order valence-corrected chi connectivity index (χ3v) is 4.42. The van der Waals surface area contributed by atoms with E-state index in [-0.39, 0.29) is 11.9 Å². The quantitative estimate of drug-likeness (QED) is 0.755. The van der Waals surface area contributed by atoms with E-state index < -0.39 is 0 Å². The Morgan fingerprint density at radius 3 is 2.65 bits per heavy atom. The molecule has 4 nitrogen and oxygen atoms in total. The topological polar surface area (TPSA) is 64.4 Å². The Morgan fingerprint density at radius 2 is 2.12 bits per heavy atom. The van der Waals surface area contributed by atoms with E-state index in [1.807, 2.05) is 0 Å². The van der Waals surface area contributed by atoms with E-state index in [0.717, 1.165) is 39.0 Å². The molecule has 1 saturated carbocycles. The van der Waals surface area contributed by atoms with E-state index in [2.05, 4.69) is 12.2 Å². The van der Waals surface area contributed by atoms with Gasteiger partial charge in [0.25, 0.3) is 0 Å². The van der Waals surface area contributed by atoms with Crippen molar-refractivity contribution in [2.24, 2.45) is 17.1 Å². The molecule has 0 radical (unpaired) electrons. The lowest BCUT2D eigenvalue weighted by atomic mass is 9.91. The summed E-state index contributed by atoms with van der Waals surface area (Å²) in [6.07, 6.45) is 5.47. The summed E-state index contributed by atoms with van der Waals surface area (Å²) in [6, 6.07) is -0.355. The average Bonchev–Trinajstić information content (AvgIpc) is 3.17. The van der Waals surface area contributed by atoms with Gasteiger partial charge in [-0.2, -0.15) is 0 Å². The first kappa shape index (κ1) is 12.8. The first-order chi connectivity index (χ1) is 8.17. The number of hydrogen-bond acceptors (Lipinski definition) is 3. The standard InChI is InChI=1S/C13H24N2O2/c1-2-13(5-6-13)9-15-12(16)11(14)10-3-7-17-8-4-10/h10-11H,2-9,14H2,1H3,(H,15,16). The Morgan fingerprint density at radius 1 is 1.47 bits per heavy atom. The van der Waals surface area contributed by atoms with Gasteiger partial charge in [-0.1, -0.05) is 6.92 Å². The maximum atomic E-state index is 12.0. The van der Waals surface area contributed by atoms with Crippen LogP contribution < -0.4 is 11.1 Å². The van der Waals surface area contributed by atoms with Gasteiger partial charge in [0.05, 0.1) is 6.04 Å². The molecule has 1 aliphatic carbocycles. The lowest BCUT2D eigenvalue weighted by Gasteiger charge is -2.27. The van der Waals surface area contributed by atoms with Crippen LogP contribution in [0.2, 0.25) is 0 Å². The van der Waals surface area contributed by atoms with Crippen LogP contribution in [-0.4, -0.2) is 31.7 Å². The second-order valence-corrected chi connectivity index (χ2v) is 5.55. The molecule has 1 saturated heterocycles. The van der Waals surface area contributed by atoms with E-state index >= 15 is 0 Å². The summed E-state index contributed by atoms with van der Waals surface area (Å²) in [5.74, 6) is 0.317. The van der Waals surface area contributed by atoms with Crippen LogP contribution >= 0.6 is 0 Å². The molecule has 1 atom stereocenters. The number of amides is 1. The Kier molecular flexibility index (Phi) is 4.05. The summed E-state index contributed by atoms with van der Waals surface area (Å²) >= 11 is 0. The predicted octanol–water partition coefficient (Wildman–Crippen LogP) is 1.05. The van der Waals surface area contributed by atoms with Gasteiger partial charge >= 0.3 is 0 Å². The molecule has 0 aromatic carbocycles. The second kappa shape index (κ2) is 5.36. The number of rotatable bonds is 5. The minimum atomic E-state index is -0.355. The van der Waals surface area contributed by atoms with Gasteiger partial charge in [0.1, 0.15) is 0 Å². The molecule has 2 fully saturated rings. The molecule has 0 spiro atoms. The fraction of sp³-hybridized carbons (Fsp3) is 0.923. The monoisotopic (exact) mass is 240 g/mol. The zero-order chi connectivity index (χ0) is 12.3. The number of nitrogens with one attached hydrogen (secondary N) is 1. The van der Waals surface area contributed by atoms with Gasteiger partial charge in [-0.3, -0.25) is 4.79 Å². The molecule has 0 aromatic rings. The molecule has 2 rings (SSSR count). The van der Waals surface area contributed by atoms with Gasteiger partial charge in [0.15, 0.2) is 0 Å². The van der Waals surface area contributed by atoms with Crippen molar-refractivity contribution in [3.05, 3.63) is 0 Å². The SMILES string of the molecule is CCC1(CNC(=O)C(N)C2CCOCC2)CC1. The first-order valence-electron chi connectivity index (χ1n) is 6.78. The largest absolute Gasteiger partial charge is 0.381 e. The van der Waals surface area contributed by atoms with Gasteiger partial charge in [0.2, 0.25) is 5.91 Å². The van der Waals surface area contributed by atoms with Crippen LogP contribution in [0.25, 0.3) is 0 Å². The lowest BCUT2D eigenvalue weighted by molar-refractivity contribution is -0.124. The van der Waals surface area contributed by atoms with Crippen molar-refractivity contribution in [3.63, 3.8) is 0 Å². The number of ether oxygens (including phenoxy) is 1. The van der Waals surface area contributed by atoms with Crippen LogP contribution in [0.4, 0.5) is 0 Å². The van der Waals surface area contributed by atoms with Crippen LogP contribution in [0.15, 0.2) is 0 Å². The van der Waals surface area contributed by atoms with Gasteiger partial charge in [-0.15, -0.1) is 0 Å². The van der Waals surface area contributed by atoms with Crippen molar-refractivity contribution in [2.45, 2.75) is 45.1 Å². The highest BCUT2D eigenvalue weighted by Gasteiger charge is 2.41. The highest BCUT2D eigenvalue weighted by molar-refractivity contribution is 5.81. The van der Waals surface area contributed by atoms with Crippen molar-refractivity contribution < 1.29 is 9.53 Å². The molecule has 1 amide bonds. The number of carbonyl (C=O) groups excluding carboxylic acids is 1. The summed E-state index contributed by atoms with van der Waals surface area (Å²) < 4.78 is 5.28. The maximum Gasteiger partial charge on any atom is 0.237 e. The lowest BCUT2D eigenvalue weighted by Crippen LogP contribution is -2.48. The normalized spacial score (nSPS) is 25.3. The van der Waals surface area contributed by atoms with Gasteiger partial charge < -0.3 is 15.8 Å². The van der Waals surface area contributed by atoms with Crippen LogP contribution in [0.3, 0.4) is 0 Å². The van der Waals surface area contributed by atoms with Gasteiger partial charge in [-0.05, 0) is 43.4 Å². The Labute approximate surface area is 103 Å². The molecule has 0 aromatic heterocycles. The summed E-state index contributed by atoms with van der Waals surface area (Å²) in [5, 5.41) is 3.03. The van der Waals surface area contributed by atoms with Crippen molar-refractivity contribution in [1.29, 1.82) is 0 Å². The summed E-state index contributed by atoms with van der Waals surface area (Å²) in [4.78, 5) is 12.0. The molecule has 1 unspecified atom stereocenters. The van der Waals surface area contributed by atoms with Crippen molar-refractivity contribution in [3.8, 4) is 0 Å². The molecule has 17 heavy (non-hydrogen) atoms. The maximum absolute atomic E-state index is 12.0. The zero-order valence-electron chi connectivity index (χ0n) is 10.7. The molecule has 1 aliphatic heterocycles. The van der Waals surface area contributed by atoms with Crippen LogP contribution in [0.1, 0.15) is 39.0 Å². The Bertz CT molecular complexity index is 271. The van der Waals surface area contributed by atoms with Crippen molar-refractivity contribution >= 4 is 5.91 Å². The third-order valence-electron chi connectivity index (χ3n) is 4.42. The number of hydrogen-bond donors (Lipinski definition) is 2. The highest BCUT2D eigenvalue weighted by atomic mass is 16.5. The van der Waals surface area contributed by atoms with Crippen LogP contribution in [-0.2, 0) is 9.53 Å². The molecule has 98 valence electrons. The Balaban J connectivity index is 1.74. The predicted molar refractivity (Wildman–Crippen MR) is 66.5 cm³/mol. The van der Waals surface area contributed by atoms with E-state index in [1.54, 1.807) is 0 Å². The van der Waals surface area contributed by atoms with E-state index in [1.165, 1.54) is 12.8 Å². The van der Waals surface area contributed by atoms with E-state index in [9.17, 15) is 4.79 Å². The first-order valence-corrected chi connectivity index (χ1v) is 6.78. The molecule has 3 N–H and O–H groups in total. The van der Waals surface area contributed by atoms with E-state index in [0.29, 0.717) is 11.3 Å². The molecular weight excluding hydrogens is 216 g/mol. The van der Waals surface area contributed by atoms with E-state index in [4.69, 9.17) is 10.5 Å². The molecule has 2 aliphatic rings. The molecule has 4 heteroatoms. The fourth-order valence-corrected chi connectivity index (χ4v) is 2.51. The summed E-state index contributed by atoms with van der Waals surface area (Å²) in [7, 11) is 0. The number of carbonyl (C=O) groups is 1. The fourth-order valence-electron chi connectivity index (χ4n) is 2.51. The van der Waals surface area contributed by atoms with Crippen molar-refractivity contribution in [2.75, 3.05) is 19.8 Å². The Hall–Kier alpha value is -0.610. The van der Waals surface area contributed by atoms with Crippen molar-refractivity contribution in [1.82, 2.24) is 5.32 Å². The summed E-state index contributed by atoms with van der Waals surface area (Å²) in [5.41, 5.74) is 6.41. The average molecular weight is 240 g/mol. The molecule has 1 heterocycles. The van der Waals surface area contributed by atoms with Crippen LogP contribution in [0, 0.1) is 11.3 Å². The molecule has 0 bridgehead atoms. The van der Waals surface area contributed by atoms with Gasteiger partial charge in [0, 0.05) is 19.8 Å². The third kappa shape index (κ3) is 3.19. The second-order valence-electron chi connectivity index (χ2n) is 5.55. The zero-order valence-corrected chi connectivity index (χ0v) is 10.7. The minimum absolute atomic E-state index is 0.0247. The van der Waals surface area contributed by atoms with Gasteiger partial charge in [-0.25, -0.2) is 0 Å².